The van der Waals surface area contributed by atoms with Gasteiger partial charge in [-0.1, -0.05) is 31.5 Å². The lowest BCUT2D eigenvalue weighted by atomic mass is 9.89. The van der Waals surface area contributed by atoms with Gasteiger partial charge in [0, 0.05) is 37.1 Å². The average molecular weight is 678 g/mol. The maximum Gasteiger partial charge on any atom is 0.256 e. The van der Waals surface area contributed by atoms with Gasteiger partial charge in [-0.15, -0.1) is 10.2 Å². The summed E-state index contributed by atoms with van der Waals surface area (Å²) in [4.78, 5) is 11.9. The first-order valence-corrected chi connectivity index (χ1v) is 17.2. The summed E-state index contributed by atoms with van der Waals surface area (Å²) < 4.78 is 21.9. The summed E-state index contributed by atoms with van der Waals surface area (Å²) in [5.74, 6) is 2.90. The van der Waals surface area contributed by atoms with Crippen LogP contribution in [0.3, 0.4) is 0 Å². The third kappa shape index (κ3) is 8.80. The van der Waals surface area contributed by atoms with Crippen molar-refractivity contribution in [3.63, 3.8) is 0 Å². The second-order valence-corrected chi connectivity index (χ2v) is 13.7. The van der Waals surface area contributed by atoms with Gasteiger partial charge < -0.3 is 19.5 Å². The van der Waals surface area contributed by atoms with Crippen LogP contribution in [0.15, 0.2) is 43.1 Å². The molecular formula is C34H46ClN10O3. The molecule has 14 heteroatoms. The molecule has 1 saturated heterocycles. The van der Waals surface area contributed by atoms with Gasteiger partial charge >= 0.3 is 0 Å². The highest BCUT2D eigenvalue weighted by Gasteiger charge is 2.32. The molecule has 3 aromatic heterocycles. The van der Waals surface area contributed by atoms with E-state index in [9.17, 15) is 0 Å². The number of halogens is 1. The predicted octanol–water partition coefficient (Wildman–Crippen LogP) is 6.17. The number of hydrogen-bond acceptors (Lipinski definition) is 11. The van der Waals surface area contributed by atoms with Crippen LogP contribution in [-0.4, -0.2) is 88.9 Å². The first-order chi connectivity index (χ1) is 23.2. The number of hydrogen-bond donors (Lipinski definition) is 1. The lowest BCUT2D eigenvalue weighted by Crippen LogP contribution is -2.51. The van der Waals surface area contributed by atoms with Crippen molar-refractivity contribution in [1.29, 1.82) is 0 Å². The second kappa shape index (κ2) is 15.6. The Morgan fingerprint density at radius 2 is 1.77 bits per heavy atom. The SMILES string of the molecule is C[C](C)CCOc1nn([C@H]2CC[C@H](N3C[C@@H](C)O[C@@H](C)C3)CC2)cc1Nc1ncc(-c2ccc(Cl)c(O[C@@H](C)Cn3cnnn3)c2)cn1. The number of aromatic nitrogens is 8. The van der Waals surface area contributed by atoms with E-state index in [4.69, 9.17) is 30.9 Å². The van der Waals surface area contributed by atoms with Gasteiger partial charge in [0.05, 0.1) is 42.6 Å². The van der Waals surface area contributed by atoms with Gasteiger partial charge in [0.25, 0.3) is 5.88 Å². The van der Waals surface area contributed by atoms with E-state index in [1.165, 1.54) is 5.92 Å². The first-order valence-electron chi connectivity index (χ1n) is 16.9. The molecule has 257 valence electrons. The molecule has 48 heavy (non-hydrogen) atoms. The van der Waals surface area contributed by atoms with E-state index in [0.717, 1.165) is 62.0 Å². The number of anilines is 2. The molecule has 0 amide bonds. The van der Waals surface area contributed by atoms with Gasteiger partial charge in [-0.25, -0.2) is 14.6 Å². The Bertz CT molecular complexity index is 1580. The van der Waals surface area contributed by atoms with Crippen LogP contribution in [0, 0.1) is 5.92 Å². The molecule has 6 rings (SSSR count). The molecule has 2 fully saturated rings. The van der Waals surface area contributed by atoms with Crippen molar-refractivity contribution < 1.29 is 14.2 Å². The van der Waals surface area contributed by atoms with Crippen molar-refractivity contribution in [1.82, 2.24) is 44.9 Å². The number of nitrogens with one attached hydrogen (secondary N) is 1. The van der Waals surface area contributed by atoms with E-state index in [0.29, 0.717) is 47.8 Å². The summed E-state index contributed by atoms with van der Waals surface area (Å²) in [5.41, 5.74) is 2.47. The monoisotopic (exact) mass is 677 g/mol. The summed E-state index contributed by atoms with van der Waals surface area (Å²) in [5, 5.41) is 20.0. The van der Waals surface area contributed by atoms with Crippen molar-refractivity contribution in [3.05, 3.63) is 54.1 Å². The molecule has 13 nitrogen and oxygen atoms in total. The zero-order valence-electron chi connectivity index (χ0n) is 28.4. The summed E-state index contributed by atoms with van der Waals surface area (Å²) in [6.45, 7) is 13.6. The molecular weight excluding hydrogens is 632 g/mol. The van der Waals surface area contributed by atoms with Crippen LogP contribution >= 0.6 is 11.6 Å². The Balaban J connectivity index is 1.12. The summed E-state index contributed by atoms with van der Waals surface area (Å²) in [6, 6.07) is 6.53. The molecule has 4 aromatic rings. The van der Waals surface area contributed by atoms with E-state index in [1.807, 2.05) is 31.3 Å². The summed E-state index contributed by atoms with van der Waals surface area (Å²) in [7, 11) is 0. The van der Waals surface area contributed by atoms with Gasteiger partial charge in [0.15, 0.2) is 0 Å². The molecule has 1 radical (unpaired) electrons. The molecule has 0 spiro atoms. The topological polar surface area (TPSA) is 130 Å². The molecule has 3 atom stereocenters. The number of benzene rings is 1. The Hall–Kier alpha value is -3.81. The lowest BCUT2D eigenvalue weighted by molar-refractivity contribution is -0.0852. The summed E-state index contributed by atoms with van der Waals surface area (Å²) >= 11 is 6.46. The molecule has 1 N–H and O–H groups in total. The van der Waals surface area contributed by atoms with E-state index in [1.54, 1.807) is 23.4 Å². The van der Waals surface area contributed by atoms with Crippen LogP contribution in [0.25, 0.3) is 11.1 Å². The van der Waals surface area contributed by atoms with E-state index in [2.05, 4.69) is 68.1 Å². The Labute approximate surface area is 287 Å². The van der Waals surface area contributed by atoms with Crippen LogP contribution in [0.5, 0.6) is 11.6 Å². The molecule has 0 bridgehead atoms. The number of tetrazole rings is 1. The highest BCUT2D eigenvalue weighted by molar-refractivity contribution is 6.32. The molecule has 2 aliphatic rings. The van der Waals surface area contributed by atoms with Gasteiger partial charge in [-0.3, -0.25) is 9.58 Å². The fourth-order valence-electron chi connectivity index (χ4n) is 6.53. The normalized spacial score (nSPS) is 22.5. The Morgan fingerprint density at radius 1 is 1.04 bits per heavy atom. The van der Waals surface area contributed by atoms with Gasteiger partial charge in [0.1, 0.15) is 23.9 Å². The first kappa shape index (κ1) is 34.1. The quantitative estimate of drug-likeness (QED) is 0.174. The van der Waals surface area contributed by atoms with Crippen LogP contribution in [0.1, 0.15) is 72.8 Å². The van der Waals surface area contributed by atoms with Crippen LogP contribution < -0.4 is 14.8 Å². The van der Waals surface area contributed by atoms with Crippen molar-refractivity contribution in [2.75, 3.05) is 25.0 Å². The number of rotatable bonds is 13. The van der Waals surface area contributed by atoms with Crippen molar-refractivity contribution in [2.45, 2.75) is 104 Å². The van der Waals surface area contributed by atoms with Crippen molar-refractivity contribution >= 4 is 23.2 Å². The van der Waals surface area contributed by atoms with Crippen LogP contribution in [0.2, 0.25) is 5.02 Å². The van der Waals surface area contributed by atoms with Crippen LogP contribution in [-0.2, 0) is 11.3 Å². The van der Waals surface area contributed by atoms with Gasteiger partial charge in [-0.05, 0) is 86.9 Å². The predicted molar refractivity (Wildman–Crippen MR) is 183 cm³/mol. The standard InChI is InChI=1S/C34H46ClN10O3/c1-22(2)12-13-46-33-31(20-45(40-33)29-9-7-28(8-10-29)43-17-23(3)47-24(4)18-43)39-34-36-15-27(16-37-34)26-6-11-30(35)32(14-26)48-25(5)19-44-21-38-41-42-44/h6,11,14-16,20-21,23-25,28-29H,7-10,12-13,17-19H2,1-5H3,(H,36,37,39)/t23-,24+,25-,28-,29-/m0/s1. The average Bonchev–Trinajstić information content (AvgIpc) is 3.72. The lowest BCUT2D eigenvalue weighted by Gasteiger charge is -2.42. The fourth-order valence-corrected chi connectivity index (χ4v) is 6.69. The van der Waals surface area contributed by atoms with E-state index in [-0.39, 0.29) is 18.3 Å². The number of ether oxygens (including phenoxy) is 3. The minimum absolute atomic E-state index is 0.201. The summed E-state index contributed by atoms with van der Waals surface area (Å²) in [6.07, 6.45) is 12.8. The maximum absolute atomic E-state index is 6.46. The maximum atomic E-state index is 6.46. The molecule has 0 unspecified atom stereocenters. The second-order valence-electron chi connectivity index (χ2n) is 13.3. The highest BCUT2D eigenvalue weighted by atomic mass is 35.5. The Morgan fingerprint density at radius 3 is 2.46 bits per heavy atom. The Kier molecular flexibility index (Phi) is 11.1. The van der Waals surface area contributed by atoms with Gasteiger partial charge in [0.2, 0.25) is 5.95 Å². The molecule has 1 aliphatic carbocycles. The smallest absolute Gasteiger partial charge is 0.256 e. The molecule has 1 saturated carbocycles. The number of morpholine rings is 1. The molecule has 1 aromatic carbocycles. The minimum atomic E-state index is -0.201. The largest absolute Gasteiger partial charge is 0.487 e. The van der Waals surface area contributed by atoms with Crippen LogP contribution in [0.4, 0.5) is 11.6 Å². The van der Waals surface area contributed by atoms with Crippen molar-refractivity contribution in [2.24, 2.45) is 0 Å². The third-order valence-corrected chi connectivity index (χ3v) is 9.18. The van der Waals surface area contributed by atoms with E-state index >= 15 is 0 Å². The zero-order valence-corrected chi connectivity index (χ0v) is 29.2. The van der Waals surface area contributed by atoms with Gasteiger partial charge in [-0.2, -0.15) is 0 Å². The highest BCUT2D eigenvalue weighted by Crippen LogP contribution is 2.36. The molecule has 1 aliphatic heterocycles. The van der Waals surface area contributed by atoms with Crippen molar-refractivity contribution in [3.8, 4) is 22.8 Å². The van der Waals surface area contributed by atoms with E-state index < -0.39 is 0 Å². The minimum Gasteiger partial charge on any atom is -0.487 e. The third-order valence-electron chi connectivity index (χ3n) is 8.87. The fraction of sp³-hybridized carbons (Fsp3) is 0.559. The number of nitrogens with zero attached hydrogens (tertiary/aromatic N) is 9. The molecule has 4 heterocycles. The zero-order chi connectivity index (χ0) is 33.6.